The van der Waals surface area contributed by atoms with E-state index in [4.69, 9.17) is 15.0 Å². The molecular weight excluding hydrogens is 791 g/mol. The molecule has 0 bridgehead atoms. The van der Waals surface area contributed by atoms with Crippen molar-refractivity contribution >= 4 is 43.4 Å². The molecule has 0 atom stereocenters. The predicted octanol–water partition coefficient (Wildman–Crippen LogP) is 15.1. The maximum absolute atomic E-state index is 9.58. The Morgan fingerprint density at radius 1 is 0.338 bits per heavy atom. The summed E-state index contributed by atoms with van der Waals surface area (Å²) < 4.78 is 2.32. The first-order valence-corrected chi connectivity index (χ1v) is 21.8. The van der Waals surface area contributed by atoms with Crippen molar-refractivity contribution < 1.29 is 0 Å². The summed E-state index contributed by atoms with van der Waals surface area (Å²) in [5.41, 5.74) is 16.3. The lowest BCUT2D eigenvalue weighted by molar-refractivity contribution is 1.07. The number of nitrogens with zero attached hydrogens (tertiary/aromatic N) is 5. The smallest absolute Gasteiger partial charge is 0.164 e. The van der Waals surface area contributed by atoms with Crippen LogP contribution in [0.2, 0.25) is 0 Å². The van der Waals surface area contributed by atoms with Gasteiger partial charge in [-0.25, -0.2) is 15.0 Å². The Morgan fingerprint density at radius 2 is 0.862 bits per heavy atom. The van der Waals surface area contributed by atoms with Crippen LogP contribution in [-0.4, -0.2) is 19.5 Å². The number of benzene rings is 10. The van der Waals surface area contributed by atoms with E-state index in [2.05, 4.69) is 168 Å². The second kappa shape index (κ2) is 14.6. The van der Waals surface area contributed by atoms with Gasteiger partial charge < -0.3 is 4.57 Å². The van der Waals surface area contributed by atoms with Crippen LogP contribution in [0.3, 0.4) is 0 Å². The largest absolute Gasteiger partial charge is 0.309 e. The lowest BCUT2D eigenvalue weighted by atomic mass is 9.88. The van der Waals surface area contributed by atoms with Crippen LogP contribution in [-0.2, 0) is 0 Å². The molecule has 65 heavy (non-hydrogen) atoms. The Morgan fingerprint density at radius 3 is 1.58 bits per heavy atom. The SMILES string of the molecule is N#Cc1ccc(-n2c3ccccc3c3ccc(-c4ccc5c6c(ccc(-c7ccc(-c8nc(-c9ccccc9)nc(-c9ccc%10ccccc%10c9)n8)cc7)c46)-c4ccccc4-5)cc32)cc1. The van der Waals surface area contributed by atoms with Gasteiger partial charge in [0, 0.05) is 33.2 Å². The second-order valence-corrected chi connectivity index (χ2v) is 16.7. The minimum atomic E-state index is 0.621. The van der Waals surface area contributed by atoms with Crippen molar-refractivity contribution in [1.82, 2.24) is 19.5 Å². The fourth-order valence-corrected chi connectivity index (χ4v) is 9.96. The van der Waals surface area contributed by atoms with E-state index in [1.165, 1.54) is 54.7 Å². The molecule has 0 fully saturated rings. The topological polar surface area (TPSA) is 67.4 Å². The first-order chi connectivity index (χ1) is 32.2. The van der Waals surface area contributed by atoms with Gasteiger partial charge in [-0.2, -0.15) is 5.26 Å². The first-order valence-electron chi connectivity index (χ1n) is 21.8. The summed E-state index contributed by atoms with van der Waals surface area (Å²) in [6, 6.07) is 77.1. The van der Waals surface area contributed by atoms with Crippen LogP contribution in [0.1, 0.15) is 5.56 Å². The Balaban J connectivity index is 0.984. The van der Waals surface area contributed by atoms with Crippen LogP contribution in [0.25, 0.3) is 128 Å². The maximum atomic E-state index is 9.58. The summed E-state index contributed by atoms with van der Waals surface area (Å²) in [6.07, 6.45) is 0. The van der Waals surface area contributed by atoms with Gasteiger partial charge in [-0.1, -0.05) is 170 Å². The molecule has 1 aliphatic rings. The van der Waals surface area contributed by atoms with Gasteiger partial charge in [0.05, 0.1) is 22.7 Å². The lowest BCUT2D eigenvalue weighted by Gasteiger charge is -2.16. The van der Waals surface area contributed by atoms with E-state index in [9.17, 15) is 5.26 Å². The summed E-state index contributed by atoms with van der Waals surface area (Å²) in [7, 11) is 0. The molecule has 1 aliphatic carbocycles. The number of fused-ring (bicyclic) bond motifs is 7. The molecule has 5 heteroatoms. The summed E-state index contributed by atoms with van der Waals surface area (Å²) in [4.78, 5) is 15.2. The van der Waals surface area contributed by atoms with Crippen LogP contribution < -0.4 is 0 Å². The number of nitriles is 1. The Kier molecular flexibility index (Phi) is 8.21. The van der Waals surface area contributed by atoms with Gasteiger partial charge in [-0.3, -0.25) is 0 Å². The zero-order valence-corrected chi connectivity index (χ0v) is 34.9. The molecule has 0 radical (unpaired) electrons. The van der Waals surface area contributed by atoms with Crippen LogP contribution in [0.5, 0.6) is 0 Å². The van der Waals surface area contributed by atoms with Crippen LogP contribution in [0.15, 0.2) is 212 Å². The van der Waals surface area contributed by atoms with Crippen LogP contribution in [0.4, 0.5) is 0 Å². The zero-order chi connectivity index (χ0) is 43.0. The Labute approximate surface area is 374 Å². The number of hydrogen-bond acceptors (Lipinski definition) is 4. The normalized spacial score (nSPS) is 11.7. The van der Waals surface area contributed by atoms with E-state index in [0.717, 1.165) is 55.5 Å². The summed E-state index contributed by atoms with van der Waals surface area (Å²) in [6.45, 7) is 0. The third-order valence-electron chi connectivity index (χ3n) is 13.0. The molecule has 0 saturated heterocycles. The highest BCUT2D eigenvalue weighted by atomic mass is 15.0. The zero-order valence-electron chi connectivity index (χ0n) is 34.9. The molecule has 2 aromatic heterocycles. The quantitative estimate of drug-likeness (QED) is 0.167. The molecule has 300 valence electrons. The molecule has 0 amide bonds. The number of hydrogen-bond donors (Lipinski definition) is 0. The monoisotopic (exact) mass is 825 g/mol. The molecule has 5 nitrogen and oxygen atoms in total. The third kappa shape index (κ3) is 5.89. The highest BCUT2D eigenvalue weighted by Gasteiger charge is 2.25. The van der Waals surface area contributed by atoms with Crippen molar-refractivity contribution in [3.8, 4) is 90.4 Å². The highest BCUT2D eigenvalue weighted by molar-refractivity contribution is 6.23. The standard InChI is InChI=1S/C60H35N5/c61-36-37-18-27-45(28-19-37)65-54-17-9-8-16-50(54)51-29-26-43(35-55(51)65)47-31-33-53-49-15-7-6-14-48(49)52-32-30-46(56(47)57(52)53)39-21-23-41(24-22-39)59-62-58(40-11-2-1-3-12-40)63-60(64-59)44-25-20-38-10-4-5-13-42(38)34-44/h1-35H. The predicted molar refractivity (Wildman–Crippen MR) is 266 cm³/mol. The van der Waals surface area contributed by atoms with Crippen LogP contribution in [0, 0.1) is 11.3 Å². The van der Waals surface area contributed by atoms with E-state index < -0.39 is 0 Å². The van der Waals surface area contributed by atoms with Gasteiger partial charge in [0.25, 0.3) is 0 Å². The van der Waals surface area contributed by atoms with Gasteiger partial charge >= 0.3 is 0 Å². The van der Waals surface area contributed by atoms with Gasteiger partial charge in [-0.05, 0) is 109 Å². The molecule has 0 aliphatic heterocycles. The van der Waals surface area contributed by atoms with E-state index in [0.29, 0.717) is 23.0 Å². The van der Waals surface area contributed by atoms with Crippen molar-refractivity contribution in [2.75, 3.05) is 0 Å². The van der Waals surface area contributed by atoms with Crippen molar-refractivity contribution in [3.05, 3.63) is 218 Å². The maximum Gasteiger partial charge on any atom is 0.164 e. The number of para-hydroxylation sites is 1. The van der Waals surface area contributed by atoms with E-state index >= 15 is 0 Å². The summed E-state index contributed by atoms with van der Waals surface area (Å²) in [5, 5.41) is 16.7. The van der Waals surface area contributed by atoms with E-state index in [1.807, 2.05) is 54.6 Å². The molecule has 13 rings (SSSR count). The van der Waals surface area contributed by atoms with Crippen molar-refractivity contribution in [2.24, 2.45) is 0 Å². The molecule has 2 heterocycles. The van der Waals surface area contributed by atoms with Gasteiger partial charge in [-0.15, -0.1) is 0 Å². The number of aromatic nitrogens is 4. The average Bonchev–Trinajstić information content (AvgIpc) is 3.89. The number of rotatable bonds is 6. The average molecular weight is 826 g/mol. The molecule has 0 N–H and O–H groups in total. The van der Waals surface area contributed by atoms with Crippen LogP contribution >= 0.6 is 0 Å². The summed E-state index contributed by atoms with van der Waals surface area (Å²) >= 11 is 0. The Hall–Kier alpha value is -8.98. The Bertz CT molecular complexity index is 3900. The van der Waals surface area contributed by atoms with Gasteiger partial charge in [0.2, 0.25) is 0 Å². The van der Waals surface area contributed by atoms with E-state index in [1.54, 1.807) is 0 Å². The van der Waals surface area contributed by atoms with Crippen molar-refractivity contribution in [3.63, 3.8) is 0 Å². The van der Waals surface area contributed by atoms with Gasteiger partial charge in [0.1, 0.15) is 0 Å². The molecule has 0 saturated carbocycles. The fourth-order valence-electron chi connectivity index (χ4n) is 9.96. The van der Waals surface area contributed by atoms with Gasteiger partial charge in [0.15, 0.2) is 17.5 Å². The minimum Gasteiger partial charge on any atom is -0.309 e. The third-order valence-corrected chi connectivity index (χ3v) is 13.0. The molecular formula is C60H35N5. The fraction of sp³-hybridized carbons (Fsp3) is 0. The molecule has 12 aromatic rings. The lowest BCUT2D eigenvalue weighted by Crippen LogP contribution is -2.00. The molecule has 10 aromatic carbocycles. The van der Waals surface area contributed by atoms with E-state index in [-0.39, 0.29) is 0 Å². The summed E-state index contributed by atoms with van der Waals surface area (Å²) in [5.74, 6) is 1.89. The minimum absolute atomic E-state index is 0.621. The first kappa shape index (κ1) is 36.7. The highest BCUT2D eigenvalue weighted by Crippen LogP contribution is 2.52. The van der Waals surface area contributed by atoms with Crippen molar-refractivity contribution in [2.45, 2.75) is 0 Å². The molecule has 0 unspecified atom stereocenters. The second-order valence-electron chi connectivity index (χ2n) is 16.7. The van der Waals surface area contributed by atoms with Crippen molar-refractivity contribution in [1.29, 1.82) is 5.26 Å². The molecule has 0 spiro atoms.